The largest absolute Gasteiger partial charge is 0.507 e. The van der Waals surface area contributed by atoms with Gasteiger partial charge in [-0.1, -0.05) is 0 Å². The van der Waals surface area contributed by atoms with Crippen LogP contribution in [-0.2, 0) is 4.79 Å². The lowest BCUT2D eigenvalue weighted by atomic mass is 9.95. The number of amides is 1. The molecule has 3 N–H and O–H groups in total. The fourth-order valence-corrected chi connectivity index (χ4v) is 2.12. The van der Waals surface area contributed by atoms with Gasteiger partial charge in [0.2, 0.25) is 0 Å². The molecule has 0 bridgehead atoms. The van der Waals surface area contributed by atoms with Crippen molar-refractivity contribution in [2.75, 3.05) is 7.11 Å². The molecule has 1 amide bonds. The molecular formula is C14H17NO5. The third kappa shape index (κ3) is 2.54. The van der Waals surface area contributed by atoms with Gasteiger partial charge in [0.05, 0.1) is 12.7 Å². The highest BCUT2D eigenvalue weighted by atomic mass is 16.5. The maximum absolute atomic E-state index is 12.2. The summed E-state index contributed by atoms with van der Waals surface area (Å²) in [7, 11) is 1.44. The van der Waals surface area contributed by atoms with Gasteiger partial charge < -0.3 is 20.3 Å². The quantitative estimate of drug-likeness (QED) is 0.756. The van der Waals surface area contributed by atoms with E-state index in [9.17, 15) is 19.8 Å². The first-order chi connectivity index (χ1) is 9.38. The maximum Gasteiger partial charge on any atom is 0.329 e. The molecule has 0 saturated heterocycles. The van der Waals surface area contributed by atoms with E-state index in [0.29, 0.717) is 5.75 Å². The van der Waals surface area contributed by atoms with E-state index in [1.165, 1.54) is 32.2 Å². The number of benzene rings is 1. The molecule has 108 valence electrons. The van der Waals surface area contributed by atoms with Crippen LogP contribution in [0.15, 0.2) is 18.2 Å². The molecule has 1 aliphatic carbocycles. The molecule has 1 unspecified atom stereocenters. The first kappa shape index (κ1) is 14.2. The summed E-state index contributed by atoms with van der Waals surface area (Å²) < 4.78 is 4.99. The van der Waals surface area contributed by atoms with Gasteiger partial charge in [0.25, 0.3) is 5.91 Å². The number of phenols is 1. The van der Waals surface area contributed by atoms with Crippen molar-refractivity contribution in [1.29, 1.82) is 0 Å². The molecule has 1 saturated carbocycles. The number of carboxylic acids is 1. The van der Waals surface area contributed by atoms with Crippen molar-refractivity contribution >= 4 is 11.9 Å². The van der Waals surface area contributed by atoms with E-state index < -0.39 is 17.4 Å². The smallest absolute Gasteiger partial charge is 0.329 e. The number of aliphatic carboxylic acids is 1. The molecule has 1 aromatic rings. The summed E-state index contributed by atoms with van der Waals surface area (Å²) in [5.41, 5.74) is -1.32. The van der Waals surface area contributed by atoms with Crippen molar-refractivity contribution < 1.29 is 24.5 Å². The number of phenolic OH excluding ortho intramolecular Hbond substituents is 1. The van der Waals surface area contributed by atoms with Gasteiger partial charge in [0, 0.05) is 0 Å². The Kier molecular flexibility index (Phi) is 3.57. The molecule has 0 heterocycles. The second-order valence-corrected chi connectivity index (χ2v) is 5.12. The monoisotopic (exact) mass is 279 g/mol. The molecule has 1 aliphatic rings. The van der Waals surface area contributed by atoms with Crippen LogP contribution in [0.2, 0.25) is 0 Å². The zero-order valence-corrected chi connectivity index (χ0v) is 11.3. The Bertz CT molecular complexity index is 552. The average molecular weight is 279 g/mol. The summed E-state index contributed by atoms with van der Waals surface area (Å²) in [4.78, 5) is 23.6. The second kappa shape index (κ2) is 5.03. The Labute approximate surface area is 116 Å². The standard InChI is InChI=1S/C14H17NO5/c1-14(13(18)19,8-3-4-8)15-12(17)10-7-9(20-2)5-6-11(10)16/h5-8,16H,3-4H2,1-2H3,(H,15,17)(H,18,19). The van der Waals surface area contributed by atoms with Crippen molar-refractivity contribution in [1.82, 2.24) is 5.32 Å². The number of hydrogen-bond donors (Lipinski definition) is 3. The first-order valence-corrected chi connectivity index (χ1v) is 6.31. The Hall–Kier alpha value is -2.24. The van der Waals surface area contributed by atoms with E-state index in [1.807, 2.05) is 0 Å². The molecule has 0 aliphatic heterocycles. The lowest BCUT2D eigenvalue weighted by Gasteiger charge is -2.26. The van der Waals surface area contributed by atoms with Crippen molar-refractivity contribution in [2.45, 2.75) is 25.3 Å². The number of ether oxygens (including phenoxy) is 1. The van der Waals surface area contributed by atoms with E-state index in [0.717, 1.165) is 12.8 Å². The topological polar surface area (TPSA) is 95.9 Å². The van der Waals surface area contributed by atoms with E-state index in [1.54, 1.807) is 0 Å². The number of rotatable bonds is 5. The number of carbonyl (C=O) groups is 2. The highest BCUT2D eigenvalue weighted by Gasteiger charge is 2.48. The van der Waals surface area contributed by atoms with Gasteiger partial charge in [-0.05, 0) is 43.9 Å². The number of nitrogens with one attached hydrogen (secondary N) is 1. The van der Waals surface area contributed by atoms with Gasteiger partial charge in [0.15, 0.2) is 0 Å². The normalized spacial score (nSPS) is 17.1. The Morgan fingerprint density at radius 3 is 2.55 bits per heavy atom. The molecule has 20 heavy (non-hydrogen) atoms. The minimum Gasteiger partial charge on any atom is -0.507 e. The summed E-state index contributed by atoms with van der Waals surface area (Å²) in [5.74, 6) is -1.58. The molecule has 6 heteroatoms. The lowest BCUT2D eigenvalue weighted by Crippen LogP contribution is -2.54. The van der Waals surface area contributed by atoms with Gasteiger partial charge >= 0.3 is 5.97 Å². The Morgan fingerprint density at radius 2 is 2.05 bits per heavy atom. The molecule has 1 aromatic carbocycles. The predicted octanol–water partition coefficient (Wildman–Crippen LogP) is 1.38. The van der Waals surface area contributed by atoms with Crippen LogP contribution in [0.4, 0.5) is 0 Å². The third-order valence-electron chi connectivity index (χ3n) is 3.66. The summed E-state index contributed by atoms with van der Waals surface area (Å²) in [6.45, 7) is 1.49. The van der Waals surface area contributed by atoms with Crippen LogP contribution in [0.1, 0.15) is 30.1 Å². The van der Waals surface area contributed by atoms with Gasteiger partial charge in [-0.15, -0.1) is 0 Å². The highest BCUT2D eigenvalue weighted by molar-refractivity contribution is 6.00. The molecule has 0 radical (unpaired) electrons. The molecule has 2 rings (SSSR count). The van der Waals surface area contributed by atoms with Crippen LogP contribution >= 0.6 is 0 Å². The average Bonchev–Trinajstić information content (AvgIpc) is 3.23. The van der Waals surface area contributed by atoms with Crippen LogP contribution in [0.3, 0.4) is 0 Å². The summed E-state index contributed by atoms with van der Waals surface area (Å²) in [6.07, 6.45) is 1.54. The predicted molar refractivity (Wildman–Crippen MR) is 70.9 cm³/mol. The number of hydrogen-bond acceptors (Lipinski definition) is 4. The van der Waals surface area contributed by atoms with Crippen molar-refractivity contribution in [3.8, 4) is 11.5 Å². The van der Waals surface area contributed by atoms with Gasteiger partial charge in [-0.25, -0.2) is 4.79 Å². The molecular weight excluding hydrogens is 262 g/mol. The van der Waals surface area contributed by atoms with Crippen molar-refractivity contribution in [3.63, 3.8) is 0 Å². The zero-order chi connectivity index (χ0) is 14.9. The third-order valence-corrected chi connectivity index (χ3v) is 3.66. The molecule has 0 aromatic heterocycles. The number of carboxylic acid groups (broad SMARTS) is 1. The van der Waals surface area contributed by atoms with Crippen LogP contribution in [-0.4, -0.2) is 34.7 Å². The molecule has 1 fully saturated rings. The van der Waals surface area contributed by atoms with Crippen molar-refractivity contribution in [2.24, 2.45) is 5.92 Å². The lowest BCUT2D eigenvalue weighted by molar-refractivity contribution is -0.144. The Balaban J connectivity index is 2.25. The zero-order valence-electron chi connectivity index (χ0n) is 11.3. The van der Waals surface area contributed by atoms with E-state index in [4.69, 9.17) is 4.74 Å². The summed E-state index contributed by atoms with van der Waals surface area (Å²) in [5, 5.41) is 21.5. The number of methoxy groups -OCH3 is 1. The van der Waals surface area contributed by atoms with Crippen LogP contribution in [0, 0.1) is 5.92 Å². The van der Waals surface area contributed by atoms with E-state index >= 15 is 0 Å². The Morgan fingerprint density at radius 1 is 1.40 bits per heavy atom. The van der Waals surface area contributed by atoms with Crippen LogP contribution < -0.4 is 10.1 Å². The highest BCUT2D eigenvalue weighted by Crippen LogP contribution is 2.40. The van der Waals surface area contributed by atoms with E-state index in [2.05, 4.69) is 5.32 Å². The fourth-order valence-electron chi connectivity index (χ4n) is 2.12. The van der Waals surface area contributed by atoms with Gasteiger partial charge in [0.1, 0.15) is 17.0 Å². The number of carbonyl (C=O) groups excluding carboxylic acids is 1. The fraction of sp³-hybridized carbons (Fsp3) is 0.429. The summed E-state index contributed by atoms with van der Waals surface area (Å²) in [6, 6.07) is 4.23. The molecule has 6 nitrogen and oxygen atoms in total. The minimum absolute atomic E-state index is 0.00234. The van der Waals surface area contributed by atoms with E-state index in [-0.39, 0.29) is 17.2 Å². The number of aromatic hydroxyl groups is 1. The second-order valence-electron chi connectivity index (χ2n) is 5.12. The van der Waals surface area contributed by atoms with Crippen LogP contribution in [0.25, 0.3) is 0 Å². The minimum atomic E-state index is -1.31. The summed E-state index contributed by atoms with van der Waals surface area (Å²) >= 11 is 0. The molecule has 0 spiro atoms. The van der Waals surface area contributed by atoms with Gasteiger partial charge in [-0.3, -0.25) is 4.79 Å². The van der Waals surface area contributed by atoms with Gasteiger partial charge in [-0.2, -0.15) is 0 Å². The van der Waals surface area contributed by atoms with Crippen LogP contribution in [0.5, 0.6) is 11.5 Å². The van der Waals surface area contributed by atoms with Crippen molar-refractivity contribution in [3.05, 3.63) is 23.8 Å². The maximum atomic E-state index is 12.2. The SMILES string of the molecule is COc1ccc(O)c(C(=O)NC(C)(C(=O)O)C2CC2)c1. The molecule has 1 atom stereocenters. The first-order valence-electron chi connectivity index (χ1n) is 6.31.